The van der Waals surface area contributed by atoms with Crippen molar-refractivity contribution >= 4 is 14.8 Å². The van der Waals surface area contributed by atoms with E-state index in [4.69, 9.17) is 13.3 Å². The van der Waals surface area contributed by atoms with Crippen molar-refractivity contribution < 1.29 is 18.1 Å². The fraction of sp³-hybridized carbons (Fsp3) is 0.909. The lowest BCUT2D eigenvalue weighted by Gasteiger charge is -2.28. The Hall–Kier alpha value is -0.633. The van der Waals surface area contributed by atoms with Crippen molar-refractivity contribution in [2.45, 2.75) is 33.2 Å². The fourth-order valence-corrected chi connectivity index (χ4v) is 4.21. The van der Waals surface area contributed by atoms with Crippen LogP contribution in [-0.4, -0.2) is 48.2 Å². The topological polar surface area (TPSA) is 68.8 Å². The van der Waals surface area contributed by atoms with Crippen LogP contribution < -0.4 is 10.6 Å². The van der Waals surface area contributed by atoms with Crippen LogP contribution in [0.1, 0.15) is 27.2 Å². The van der Waals surface area contributed by atoms with E-state index in [1.54, 1.807) is 7.05 Å². The molecule has 0 saturated carbocycles. The summed E-state index contributed by atoms with van der Waals surface area (Å²) >= 11 is 0. The van der Waals surface area contributed by atoms with Gasteiger partial charge in [-0.15, -0.1) is 0 Å². The number of hydrogen-bond donors (Lipinski definition) is 2. The summed E-state index contributed by atoms with van der Waals surface area (Å²) in [6.07, 6.45) is 0.777. The quantitative estimate of drug-likeness (QED) is 0.467. The molecule has 0 aliphatic carbocycles. The zero-order valence-corrected chi connectivity index (χ0v) is 12.9. The average molecular weight is 278 g/mol. The van der Waals surface area contributed by atoms with E-state index in [9.17, 15) is 4.79 Å². The molecule has 0 aromatic rings. The van der Waals surface area contributed by atoms with E-state index in [2.05, 4.69) is 10.6 Å². The van der Waals surface area contributed by atoms with Gasteiger partial charge in [-0.3, -0.25) is 0 Å². The third-order valence-electron chi connectivity index (χ3n) is 2.27. The molecule has 0 saturated heterocycles. The minimum Gasteiger partial charge on any atom is -0.374 e. The van der Waals surface area contributed by atoms with Gasteiger partial charge < -0.3 is 23.9 Å². The number of amides is 2. The molecule has 0 rings (SSSR count). The largest absolute Gasteiger partial charge is 0.500 e. The molecule has 6 nitrogen and oxygen atoms in total. The molecule has 0 heterocycles. The predicted octanol–water partition coefficient (Wildman–Crippen LogP) is 1.35. The van der Waals surface area contributed by atoms with Gasteiger partial charge >= 0.3 is 14.8 Å². The van der Waals surface area contributed by atoms with E-state index >= 15 is 0 Å². The standard InChI is InChI=1S/C11H26N2O4Si/c1-5-15-18(16-6-2,17-7-3)10-8-9-13-11(14)12-4/h5-10H2,1-4H3,(H2,12,13,14). The highest BCUT2D eigenvalue weighted by Gasteiger charge is 2.39. The van der Waals surface area contributed by atoms with Gasteiger partial charge in [0, 0.05) is 39.5 Å². The summed E-state index contributed by atoms with van der Waals surface area (Å²) in [7, 11) is -0.957. The minimum absolute atomic E-state index is 0.175. The highest BCUT2D eigenvalue weighted by atomic mass is 28.4. The molecular weight excluding hydrogens is 252 g/mol. The zero-order valence-electron chi connectivity index (χ0n) is 11.9. The number of hydrogen-bond acceptors (Lipinski definition) is 4. The number of nitrogens with one attached hydrogen (secondary N) is 2. The SMILES string of the molecule is CCO[Si](CCCNC(=O)NC)(OCC)OCC. The Balaban J connectivity index is 4.16. The molecule has 2 amide bonds. The second kappa shape index (κ2) is 10.3. The first-order valence-corrected chi connectivity index (χ1v) is 8.44. The third-order valence-corrected chi connectivity index (χ3v) is 5.42. The van der Waals surface area contributed by atoms with Gasteiger partial charge in [-0.05, 0) is 27.2 Å². The van der Waals surface area contributed by atoms with E-state index < -0.39 is 8.80 Å². The summed E-state index contributed by atoms with van der Waals surface area (Å²) in [5.41, 5.74) is 0. The van der Waals surface area contributed by atoms with Crippen LogP contribution in [0.25, 0.3) is 0 Å². The van der Waals surface area contributed by atoms with Crippen LogP contribution >= 0.6 is 0 Å². The first kappa shape index (κ1) is 17.4. The number of rotatable bonds is 10. The van der Waals surface area contributed by atoms with Crippen LogP contribution in [0.3, 0.4) is 0 Å². The molecular formula is C11H26N2O4Si. The maximum Gasteiger partial charge on any atom is 0.500 e. The monoisotopic (exact) mass is 278 g/mol. The lowest BCUT2D eigenvalue weighted by atomic mass is 10.5. The van der Waals surface area contributed by atoms with E-state index in [0.717, 1.165) is 6.42 Å². The van der Waals surface area contributed by atoms with Crippen LogP contribution in [-0.2, 0) is 13.3 Å². The summed E-state index contributed by atoms with van der Waals surface area (Å²) in [6, 6.07) is 0.540. The summed E-state index contributed by atoms with van der Waals surface area (Å²) in [4.78, 5) is 11.0. The molecule has 0 unspecified atom stereocenters. The molecule has 18 heavy (non-hydrogen) atoms. The molecule has 0 spiro atoms. The van der Waals surface area contributed by atoms with Gasteiger partial charge in [0.1, 0.15) is 0 Å². The van der Waals surface area contributed by atoms with Crippen LogP contribution in [0.4, 0.5) is 4.79 Å². The minimum atomic E-state index is -2.55. The van der Waals surface area contributed by atoms with Crippen molar-refractivity contribution in [2.24, 2.45) is 0 Å². The van der Waals surface area contributed by atoms with Crippen molar-refractivity contribution in [3.8, 4) is 0 Å². The van der Waals surface area contributed by atoms with Crippen molar-refractivity contribution in [1.29, 1.82) is 0 Å². The van der Waals surface area contributed by atoms with Gasteiger partial charge in [-0.1, -0.05) is 0 Å². The summed E-state index contributed by atoms with van der Waals surface area (Å²) in [5, 5.41) is 5.24. The van der Waals surface area contributed by atoms with Crippen LogP contribution in [0.5, 0.6) is 0 Å². The highest BCUT2D eigenvalue weighted by molar-refractivity contribution is 6.60. The van der Waals surface area contributed by atoms with Gasteiger partial charge in [0.25, 0.3) is 0 Å². The molecule has 0 aliphatic heterocycles. The molecule has 0 aromatic carbocycles. The molecule has 0 radical (unpaired) electrons. The lowest BCUT2D eigenvalue weighted by Crippen LogP contribution is -2.46. The zero-order chi connectivity index (χ0) is 13.9. The van der Waals surface area contributed by atoms with E-state index in [0.29, 0.717) is 32.4 Å². The second-order valence-corrected chi connectivity index (χ2v) is 6.32. The van der Waals surface area contributed by atoms with E-state index in [1.165, 1.54) is 0 Å². The third kappa shape index (κ3) is 6.95. The summed E-state index contributed by atoms with van der Waals surface area (Å²) < 4.78 is 17.1. The van der Waals surface area contributed by atoms with Crippen molar-refractivity contribution in [1.82, 2.24) is 10.6 Å². The predicted molar refractivity (Wildman–Crippen MR) is 72.5 cm³/mol. The van der Waals surface area contributed by atoms with E-state index in [-0.39, 0.29) is 6.03 Å². The first-order valence-electron chi connectivity index (χ1n) is 6.51. The van der Waals surface area contributed by atoms with Crippen molar-refractivity contribution in [3.05, 3.63) is 0 Å². The second-order valence-electron chi connectivity index (χ2n) is 3.59. The summed E-state index contributed by atoms with van der Waals surface area (Å²) in [6.45, 7) is 8.12. The Labute approximate surface area is 111 Å². The molecule has 2 N–H and O–H groups in total. The van der Waals surface area contributed by atoms with Gasteiger partial charge in [0.2, 0.25) is 0 Å². The first-order chi connectivity index (χ1) is 8.64. The Morgan fingerprint density at radius 1 is 1.06 bits per heavy atom. The summed E-state index contributed by atoms with van der Waals surface area (Å²) in [5.74, 6) is 0. The lowest BCUT2D eigenvalue weighted by molar-refractivity contribution is 0.0708. The average Bonchev–Trinajstić information content (AvgIpc) is 2.35. The maximum absolute atomic E-state index is 11.0. The molecule has 0 atom stereocenters. The maximum atomic E-state index is 11.0. The molecule has 0 fully saturated rings. The van der Waals surface area contributed by atoms with Gasteiger partial charge in [-0.2, -0.15) is 0 Å². The Bertz CT molecular complexity index is 212. The molecule has 0 aromatic heterocycles. The Morgan fingerprint density at radius 2 is 1.56 bits per heavy atom. The number of carbonyl (C=O) groups excluding carboxylic acids is 1. The smallest absolute Gasteiger partial charge is 0.374 e. The Morgan fingerprint density at radius 3 is 1.94 bits per heavy atom. The molecule has 0 aliphatic rings. The normalized spacial score (nSPS) is 11.3. The van der Waals surface area contributed by atoms with Crippen LogP contribution in [0, 0.1) is 0 Å². The number of carbonyl (C=O) groups is 1. The highest BCUT2D eigenvalue weighted by Crippen LogP contribution is 2.17. The fourth-order valence-electron chi connectivity index (χ4n) is 1.60. The number of urea groups is 1. The van der Waals surface area contributed by atoms with Crippen molar-refractivity contribution in [3.63, 3.8) is 0 Å². The molecule has 108 valence electrons. The molecule has 0 bridgehead atoms. The van der Waals surface area contributed by atoms with Gasteiger partial charge in [0.15, 0.2) is 0 Å². The van der Waals surface area contributed by atoms with Crippen LogP contribution in [0.15, 0.2) is 0 Å². The van der Waals surface area contributed by atoms with E-state index in [1.807, 2.05) is 20.8 Å². The van der Waals surface area contributed by atoms with Gasteiger partial charge in [0.05, 0.1) is 0 Å². The molecule has 7 heteroatoms. The Kier molecular flexibility index (Phi) is 9.94. The van der Waals surface area contributed by atoms with Crippen LogP contribution in [0.2, 0.25) is 6.04 Å². The van der Waals surface area contributed by atoms with Crippen molar-refractivity contribution in [2.75, 3.05) is 33.4 Å². The van der Waals surface area contributed by atoms with Gasteiger partial charge in [-0.25, -0.2) is 4.79 Å².